The number of rotatable bonds is 4. The highest BCUT2D eigenvalue weighted by molar-refractivity contribution is 6.35. The minimum atomic E-state index is -0.538. The Bertz CT molecular complexity index is 1060. The van der Waals surface area contributed by atoms with Crippen LogP contribution in [0.2, 0.25) is 0 Å². The summed E-state index contributed by atoms with van der Waals surface area (Å²) in [5.74, 6) is -0.878. The van der Waals surface area contributed by atoms with E-state index in [1.165, 1.54) is 11.0 Å². The average Bonchev–Trinajstić information content (AvgIpc) is 2.99. The van der Waals surface area contributed by atoms with Crippen molar-refractivity contribution < 1.29 is 14.4 Å². The zero-order valence-electron chi connectivity index (χ0n) is 14.9. The molecule has 5 nitrogen and oxygen atoms in total. The molecule has 0 unspecified atom stereocenters. The van der Waals surface area contributed by atoms with Gasteiger partial charge in [0.15, 0.2) is 5.78 Å². The van der Waals surface area contributed by atoms with Crippen LogP contribution in [0.5, 0.6) is 0 Å². The van der Waals surface area contributed by atoms with Gasteiger partial charge in [-0.25, -0.2) is 9.69 Å². The number of hydrogen-bond acceptors (Lipinski definition) is 3. The van der Waals surface area contributed by atoms with Crippen molar-refractivity contribution >= 4 is 29.1 Å². The molecule has 0 radical (unpaired) electrons. The van der Waals surface area contributed by atoms with E-state index in [0.29, 0.717) is 16.9 Å². The van der Waals surface area contributed by atoms with Crippen LogP contribution < -0.4 is 9.80 Å². The monoisotopic (exact) mass is 368 g/mol. The number of amides is 3. The number of carbonyl (C=O) groups excluding carboxylic acids is 3. The van der Waals surface area contributed by atoms with E-state index in [1.54, 1.807) is 78.9 Å². The van der Waals surface area contributed by atoms with Crippen molar-refractivity contribution in [2.45, 2.75) is 0 Å². The minimum Gasteiger partial charge on any atom is -0.289 e. The summed E-state index contributed by atoms with van der Waals surface area (Å²) in [4.78, 5) is 41.3. The molecule has 28 heavy (non-hydrogen) atoms. The lowest BCUT2D eigenvalue weighted by atomic mass is 10.1. The highest BCUT2D eigenvalue weighted by atomic mass is 16.2. The zero-order valence-corrected chi connectivity index (χ0v) is 14.9. The summed E-state index contributed by atoms with van der Waals surface area (Å²) >= 11 is 0. The molecule has 1 aliphatic rings. The summed E-state index contributed by atoms with van der Waals surface area (Å²) in [5.41, 5.74) is 1.44. The Morgan fingerprint density at radius 1 is 0.643 bits per heavy atom. The SMILES string of the molecule is O=C(C=C1C(=O)N(c2ccccc2)C(=O)N1c1ccccc1)c1ccccc1. The summed E-state index contributed by atoms with van der Waals surface area (Å²) in [7, 11) is 0. The molecular weight excluding hydrogens is 352 g/mol. The third-order valence-electron chi connectivity index (χ3n) is 4.40. The van der Waals surface area contributed by atoms with Crippen LogP contribution in [0.25, 0.3) is 0 Å². The molecule has 3 aromatic carbocycles. The van der Waals surface area contributed by atoms with Gasteiger partial charge in [-0.3, -0.25) is 14.5 Å². The van der Waals surface area contributed by atoms with Gasteiger partial charge in [0.25, 0.3) is 5.91 Å². The third kappa shape index (κ3) is 3.10. The van der Waals surface area contributed by atoms with Gasteiger partial charge in [0.05, 0.1) is 11.4 Å². The number of imide groups is 1. The van der Waals surface area contributed by atoms with Gasteiger partial charge in [0.2, 0.25) is 0 Å². The summed E-state index contributed by atoms with van der Waals surface area (Å²) in [5, 5.41) is 0. The van der Waals surface area contributed by atoms with Crippen LogP contribution in [0.1, 0.15) is 10.4 Å². The van der Waals surface area contributed by atoms with Gasteiger partial charge in [0, 0.05) is 11.6 Å². The minimum absolute atomic E-state index is 0.0221. The average molecular weight is 368 g/mol. The standard InChI is InChI=1S/C23H16N2O3/c26-21(17-10-4-1-5-11-17)16-20-22(27)25(19-14-8-3-9-15-19)23(28)24(20)18-12-6-2-7-13-18/h1-16H. The van der Waals surface area contributed by atoms with Crippen LogP contribution in [-0.4, -0.2) is 17.7 Å². The van der Waals surface area contributed by atoms with Crippen molar-refractivity contribution in [3.05, 3.63) is 108 Å². The Morgan fingerprint density at radius 3 is 1.64 bits per heavy atom. The summed E-state index contributed by atoms with van der Waals surface area (Å²) in [6, 6.07) is 25.6. The molecule has 1 saturated heterocycles. The molecule has 0 aliphatic carbocycles. The molecule has 3 amide bonds. The summed E-state index contributed by atoms with van der Waals surface area (Å²) in [6.45, 7) is 0. The van der Waals surface area contributed by atoms with E-state index in [2.05, 4.69) is 0 Å². The Labute approximate surface area is 162 Å². The number of carbonyl (C=O) groups is 3. The Kier molecular flexibility index (Phi) is 4.56. The molecule has 3 aromatic rings. The first-order valence-electron chi connectivity index (χ1n) is 8.76. The van der Waals surface area contributed by atoms with Crippen LogP contribution in [0.3, 0.4) is 0 Å². The zero-order chi connectivity index (χ0) is 19.5. The molecule has 1 heterocycles. The Hall–Kier alpha value is -3.99. The van der Waals surface area contributed by atoms with E-state index in [1.807, 2.05) is 12.1 Å². The molecule has 136 valence electrons. The normalized spacial score (nSPS) is 15.4. The second kappa shape index (κ2) is 7.32. The second-order valence-corrected chi connectivity index (χ2v) is 6.19. The van der Waals surface area contributed by atoms with Gasteiger partial charge >= 0.3 is 6.03 Å². The van der Waals surface area contributed by atoms with Gasteiger partial charge in [-0.2, -0.15) is 0 Å². The molecule has 0 atom stereocenters. The maximum absolute atomic E-state index is 13.1. The fourth-order valence-electron chi connectivity index (χ4n) is 3.07. The van der Waals surface area contributed by atoms with Gasteiger partial charge in [0.1, 0.15) is 5.70 Å². The first-order chi connectivity index (χ1) is 13.7. The molecule has 0 spiro atoms. The number of para-hydroxylation sites is 2. The lowest BCUT2D eigenvalue weighted by molar-refractivity contribution is -0.113. The molecule has 0 aromatic heterocycles. The smallest absolute Gasteiger partial charge is 0.289 e. The predicted molar refractivity (Wildman–Crippen MR) is 107 cm³/mol. The van der Waals surface area contributed by atoms with Gasteiger partial charge in [-0.15, -0.1) is 0 Å². The topological polar surface area (TPSA) is 57.7 Å². The third-order valence-corrected chi connectivity index (χ3v) is 4.40. The van der Waals surface area contributed by atoms with Crippen molar-refractivity contribution in [2.75, 3.05) is 9.80 Å². The van der Waals surface area contributed by atoms with E-state index in [9.17, 15) is 14.4 Å². The van der Waals surface area contributed by atoms with Crippen LogP contribution in [-0.2, 0) is 4.79 Å². The van der Waals surface area contributed by atoms with Crippen LogP contribution in [0.15, 0.2) is 103 Å². The maximum atomic E-state index is 13.1. The highest BCUT2D eigenvalue weighted by Crippen LogP contribution is 2.32. The Morgan fingerprint density at radius 2 is 1.11 bits per heavy atom. The number of allylic oxidation sites excluding steroid dienone is 1. The van der Waals surface area contributed by atoms with E-state index in [-0.39, 0.29) is 11.5 Å². The van der Waals surface area contributed by atoms with Crippen LogP contribution in [0.4, 0.5) is 16.2 Å². The number of nitrogens with zero attached hydrogens (tertiary/aromatic N) is 2. The summed E-state index contributed by atoms with van der Waals surface area (Å²) in [6.07, 6.45) is 1.23. The number of ketones is 1. The van der Waals surface area contributed by atoms with Crippen LogP contribution >= 0.6 is 0 Å². The van der Waals surface area contributed by atoms with Crippen molar-refractivity contribution in [1.29, 1.82) is 0 Å². The molecule has 1 fully saturated rings. The quantitative estimate of drug-likeness (QED) is 0.389. The highest BCUT2D eigenvalue weighted by Gasteiger charge is 2.43. The molecule has 5 heteroatoms. The van der Waals surface area contributed by atoms with Crippen molar-refractivity contribution in [3.63, 3.8) is 0 Å². The van der Waals surface area contributed by atoms with Gasteiger partial charge in [-0.05, 0) is 24.3 Å². The lowest BCUT2D eigenvalue weighted by Gasteiger charge is -2.17. The lowest BCUT2D eigenvalue weighted by Crippen LogP contribution is -2.32. The first kappa shape index (κ1) is 17.4. The molecule has 4 rings (SSSR count). The Balaban J connectivity index is 1.81. The molecule has 1 aliphatic heterocycles. The maximum Gasteiger partial charge on any atom is 0.340 e. The molecule has 0 N–H and O–H groups in total. The van der Waals surface area contributed by atoms with Crippen molar-refractivity contribution in [1.82, 2.24) is 0 Å². The van der Waals surface area contributed by atoms with Crippen molar-refractivity contribution in [3.8, 4) is 0 Å². The number of anilines is 2. The number of urea groups is 1. The molecular formula is C23H16N2O3. The van der Waals surface area contributed by atoms with E-state index >= 15 is 0 Å². The van der Waals surface area contributed by atoms with Crippen molar-refractivity contribution in [2.24, 2.45) is 0 Å². The van der Waals surface area contributed by atoms with E-state index in [4.69, 9.17) is 0 Å². The molecule has 0 bridgehead atoms. The fraction of sp³-hybridized carbons (Fsp3) is 0. The number of hydrogen-bond donors (Lipinski definition) is 0. The second-order valence-electron chi connectivity index (χ2n) is 6.19. The van der Waals surface area contributed by atoms with E-state index < -0.39 is 11.9 Å². The molecule has 0 saturated carbocycles. The van der Waals surface area contributed by atoms with Gasteiger partial charge < -0.3 is 0 Å². The largest absolute Gasteiger partial charge is 0.340 e. The first-order valence-corrected chi connectivity index (χ1v) is 8.76. The summed E-state index contributed by atoms with van der Waals surface area (Å²) < 4.78 is 0. The van der Waals surface area contributed by atoms with Crippen LogP contribution in [0, 0.1) is 0 Å². The number of benzene rings is 3. The fourth-order valence-corrected chi connectivity index (χ4v) is 3.07. The predicted octanol–water partition coefficient (Wildman–Crippen LogP) is 4.43. The van der Waals surface area contributed by atoms with Gasteiger partial charge in [-0.1, -0.05) is 66.7 Å². The van der Waals surface area contributed by atoms with E-state index in [0.717, 1.165) is 4.90 Å².